The van der Waals surface area contributed by atoms with Crippen molar-refractivity contribution in [2.45, 2.75) is 74.1 Å². The first-order chi connectivity index (χ1) is 7.75. The molecule has 104 valence electrons. The summed E-state index contributed by atoms with van der Waals surface area (Å²) in [7, 11) is 7.08. The Kier molecular flexibility index (Phi) is 9.65. The Labute approximate surface area is 117 Å². The summed E-state index contributed by atoms with van der Waals surface area (Å²) < 4.78 is 4.19. The van der Waals surface area contributed by atoms with E-state index < -0.39 is 17.3 Å². The van der Waals surface area contributed by atoms with Crippen molar-refractivity contribution in [3.63, 3.8) is 0 Å². The third-order valence-corrected chi connectivity index (χ3v) is 17.5. The van der Waals surface area contributed by atoms with E-state index in [2.05, 4.69) is 41.5 Å². The van der Waals surface area contributed by atoms with Crippen molar-refractivity contribution in [2.24, 2.45) is 17.8 Å². The fourth-order valence-electron chi connectivity index (χ4n) is 2.02. The molecule has 0 aliphatic rings. The molecule has 0 nitrogen and oxygen atoms in total. The molecule has 0 aliphatic heterocycles. The molecule has 0 saturated heterocycles. The van der Waals surface area contributed by atoms with Gasteiger partial charge >= 0.3 is 118 Å². The van der Waals surface area contributed by atoms with Crippen molar-refractivity contribution in [1.29, 1.82) is 0 Å². The normalized spacial score (nSPS) is 13.1. The summed E-state index contributed by atoms with van der Waals surface area (Å²) >= 11 is -2.25. The monoisotopic (exact) mass is 368 g/mol. The van der Waals surface area contributed by atoms with Gasteiger partial charge in [0.15, 0.2) is 0 Å². The summed E-state index contributed by atoms with van der Waals surface area (Å²) in [5.41, 5.74) is 0. The van der Waals surface area contributed by atoms with E-state index in [0.717, 1.165) is 17.8 Å². The SMILES string of the molecule is CC(C)C[CH2][Sn]([Cl])([CH2]CC(C)C)[CH2]CC(C)C. The van der Waals surface area contributed by atoms with Crippen molar-refractivity contribution >= 4 is 26.2 Å². The van der Waals surface area contributed by atoms with E-state index in [9.17, 15) is 0 Å². The topological polar surface area (TPSA) is 0 Å². The van der Waals surface area contributed by atoms with Gasteiger partial charge in [0.25, 0.3) is 0 Å². The van der Waals surface area contributed by atoms with Gasteiger partial charge in [0, 0.05) is 0 Å². The number of rotatable bonds is 9. The number of hydrogen-bond donors (Lipinski definition) is 0. The maximum absolute atomic E-state index is 7.08. The van der Waals surface area contributed by atoms with Crippen LogP contribution >= 0.6 is 8.92 Å². The second-order valence-corrected chi connectivity index (χ2v) is 23.2. The summed E-state index contributed by atoms with van der Waals surface area (Å²) in [4.78, 5) is 0. The van der Waals surface area contributed by atoms with Gasteiger partial charge in [0.2, 0.25) is 0 Å². The van der Waals surface area contributed by atoms with Gasteiger partial charge in [-0.15, -0.1) is 0 Å². The van der Waals surface area contributed by atoms with Crippen LogP contribution in [0.25, 0.3) is 0 Å². The first-order valence-corrected chi connectivity index (χ1v) is 17.1. The summed E-state index contributed by atoms with van der Waals surface area (Å²) in [6, 6.07) is 0. The van der Waals surface area contributed by atoms with Crippen molar-refractivity contribution in [3.05, 3.63) is 0 Å². The van der Waals surface area contributed by atoms with E-state index in [1.54, 1.807) is 0 Å². The molecule has 2 heteroatoms. The number of halogens is 1. The van der Waals surface area contributed by atoms with Crippen LogP contribution in [0.2, 0.25) is 13.3 Å². The minimum atomic E-state index is -2.25. The van der Waals surface area contributed by atoms with Gasteiger partial charge in [-0.2, -0.15) is 0 Å². The van der Waals surface area contributed by atoms with Crippen LogP contribution < -0.4 is 0 Å². The summed E-state index contributed by atoms with van der Waals surface area (Å²) in [6.07, 6.45) is 4.07. The van der Waals surface area contributed by atoms with Gasteiger partial charge in [-0.1, -0.05) is 0 Å². The molecule has 0 radical (unpaired) electrons. The minimum absolute atomic E-state index is 0.822. The molecule has 0 unspecified atom stereocenters. The molecule has 0 aromatic carbocycles. The molecule has 0 spiro atoms. The van der Waals surface area contributed by atoms with E-state index in [0.29, 0.717) is 0 Å². The predicted octanol–water partition coefficient (Wildman–Crippen LogP) is 6.31. The third kappa shape index (κ3) is 10.7. The molecule has 17 heavy (non-hydrogen) atoms. The maximum atomic E-state index is 7.08. The van der Waals surface area contributed by atoms with Crippen LogP contribution in [0.3, 0.4) is 0 Å². The molecule has 0 aliphatic carbocycles. The summed E-state index contributed by atoms with van der Waals surface area (Å²) in [6.45, 7) is 14.0. The molecular weight excluding hydrogens is 334 g/mol. The Morgan fingerprint density at radius 1 is 0.647 bits per heavy atom. The van der Waals surface area contributed by atoms with Crippen molar-refractivity contribution < 1.29 is 0 Å². The van der Waals surface area contributed by atoms with Gasteiger partial charge in [0.1, 0.15) is 0 Å². The van der Waals surface area contributed by atoms with Crippen molar-refractivity contribution in [1.82, 2.24) is 0 Å². The van der Waals surface area contributed by atoms with Crippen LogP contribution in [0.1, 0.15) is 60.8 Å². The Morgan fingerprint density at radius 2 is 0.882 bits per heavy atom. The van der Waals surface area contributed by atoms with Crippen LogP contribution in [0.4, 0.5) is 0 Å². The molecule has 0 amide bonds. The third-order valence-electron chi connectivity index (χ3n) is 3.51. The molecule has 0 N–H and O–H groups in total. The molecule has 0 bridgehead atoms. The zero-order chi connectivity index (χ0) is 13.5. The molecule has 0 fully saturated rings. The zero-order valence-corrected chi connectivity index (χ0v) is 16.5. The van der Waals surface area contributed by atoms with Crippen LogP contribution in [0, 0.1) is 17.8 Å². The number of hydrogen-bond acceptors (Lipinski definition) is 0. The van der Waals surface area contributed by atoms with Crippen molar-refractivity contribution in [3.8, 4) is 0 Å². The van der Waals surface area contributed by atoms with Crippen molar-refractivity contribution in [2.75, 3.05) is 0 Å². The molecule has 0 aromatic rings. The van der Waals surface area contributed by atoms with Crippen LogP contribution in [-0.2, 0) is 0 Å². The van der Waals surface area contributed by atoms with E-state index in [1.807, 2.05) is 0 Å². The fourth-order valence-corrected chi connectivity index (χ4v) is 15.7. The predicted molar refractivity (Wildman–Crippen MR) is 84.4 cm³/mol. The molecule has 0 aromatic heterocycles. The average Bonchev–Trinajstić information content (AvgIpc) is 2.21. The van der Waals surface area contributed by atoms with E-state index in [1.165, 1.54) is 32.6 Å². The standard InChI is InChI=1S/3C5H11.ClH.Sn/c3*1-4-5(2)3;;/h3*5H,1,4H2,2-3H3;1H;/q;;;;+1/p-1. The Balaban J connectivity index is 4.23. The van der Waals surface area contributed by atoms with Crippen LogP contribution in [0.15, 0.2) is 0 Å². The summed E-state index contributed by atoms with van der Waals surface area (Å²) in [5, 5.41) is 0. The zero-order valence-electron chi connectivity index (χ0n) is 12.9. The molecule has 0 heterocycles. The van der Waals surface area contributed by atoms with Gasteiger partial charge in [-0.05, 0) is 0 Å². The molecule has 0 saturated carbocycles. The Hall–Kier alpha value is 1.09. The average molecular weight is 368 g/mol. The van der Waals surface area contributed by atoms with Gasteiger partial charge in [-0.25, -0.2) is 0 Å². The van der Waals surface area contributed by atoms with E-state index >= 15 is 0 Å². The second kappa shape index (κ2) is 9.07. The Morgan fingerprint density at radius 3 is 1.06 bits per heavy atom. The quantitative estimate of drug-likeness (QED) is 0.419. The fraction of sp³-hybridized carbons (Fsp3) is 1.00. The molecule has 0 rings (SSSR count). The first kappa shape index (κ1) is 18.1. The van der Waals surface area contributed by atoms with Crippen LogP contribution in [0.5, 0.6) is 0 Å². The Bertz CT molecular complexity index is 156. The second-order valence-electron chi connectivity index (χ2n) is 6.95. The molecular formula is C15H33ClSn. The van der Waals surface area contributed by atoms with Gasteiger partial charge in [-0.3, -0.25) is 0 Å². The van der Waals surface area contributed by atoms with Gasteiger partial charge in [0.05, 0.1) is 0 Å². The molecule has 0 atom stereocenters. The first-order valence-electron chi connectivity index (χ1n) is 7.44. The van der Waals surface area contributed by atoms with E-state index in [-0.39, 0.29) is 0 Å². The van der Waals surface area contributed by atoms with Crippen LogP contribution in [-0.4, -0.2) is 17.3 Å². The summed E-state index contributed by atoms with van der Waals surface area (Å²) in [5.74, 6) is 2.47. The van der Waals surface area contributed by atoms with Gasteiger partial charge < -0.3 is 0 Å². The van der Waals surface area contributed by atoms with E-state index in [4.69, 9.17) is 8.92 Å².